The van der Waals surface area contributed by atoms with E-state index in [-0.39, 0.29) is 16.6 Å². The highest BCUT2D eigenvalue weighted by molar-refractivity contribution is 8.04. The van der Waals surface area contributed by atoms with Crippen LogP contribution in [0.15, 0.2) is 69.4 Å². The van der Waals surface area contributed by atoms with Crippen molar-refractivity contribution in [2.75, 3.05) is 0 Å². The van der Waals surface area contributed by atoms with Gasteiger partial charge in [0.1, 0.15) is 5.03 Å². The second-order valence-corrected chi connectivity index (χ2v) is 5.72. The van der Waals surface area contributed by atoms with Gasteiger partial charge in [0.2, 0.25) is 11.6 Å². The number of hydrogen-bond donors (Lipinski definition) is 0. The molecule has 0 atom stereocenters. The normalized spacial score (nSPS) is 14.4. The summed E-state index contributed by atoms with van der Waals surface area (Å²) in [6.07, 6.45) is 0. The Kier molecular flexibility index (Phi) is 3.47. The molecule has 0 fully saturated rings. The second kappa shape index (κ2) is 5.27. The standard InChI is InChI=1S/C16H9ClO2S/c17-13-14(18)11-8-4-5-9-12(11)15(19)16(13)20-10-6-2-1-3-7-10/h1-9H. The number of carbonyl (C=O) groups excluding carboxylic acids is 2. The Labute approximate surface area is 125 Å². The number of ketones is 2. The molecule has 3 rings (SSSR count). The van der Waals surface area contributed by atoms with Crippen molar-refractivity contribution >= 4 is 34.9 Å². The zero-order valence-corrected chi connectivity index (χ0v) is 11.9. The summed E-state index contributed by atoms with van der Waals surface area (Å²) in [7, 11) is 0. The zero-order chi connectivity index (χ0) is 14.1. The summed E-state index contributed by atoms with van der Waals surface area (Å²) in [6, 6.07) is 16.1. The maximum absolute atomic E-state index is 12.5. The van der Waals surface area contributed by atoms with Crippen molar-refractivity contribution in [3.05, 3.63) is 75.7 Å². The molecular weight excluding hydrogens is 292 g/mol. The highest BCUT2D eigenvalue weighted by Gasteiger charge is 2.31. The average molecular weight is 301 g/mol. The van der Waals surface area contributed by atoms with E-state index in [0.29, 0.717) is 16.0 Å². The van der Waals surface area contributed by atoms with E-state index in [2.05, 4.69) is 0 Å². The molecule has 0 aliphatic heterocycles. The lowest BCUT2D eigenvalue weighted by atomic mass is 9.95. The minimum absolute atomic E-state index is 0.00236. The predicted octanol–water partition coefficient (Wildman–Crippen LogP) is 4.31. The number of carbonyl (C=O) groups is 2. The Hall–Kier alpha value is -1.84. The molecule has 0 amide bonds. The van der Waals surface area contributed by atoms with Gasteiger partial charge in [-0.05, 0) is 12.1 Å². The molecule has 1 aliphatic rings. The van der Waals surface area contributed by atoms with Crippen LogP contribution in [0.25, 0.3) is 0 Å². The molecule has 4 heteroatoms. The van der Waals surface area contributed by atoms with Gasteiger partial charge in [-0.1, -0.05) is 65.8 Å². The summed E-state index contributed by atoms with van der Waals surface area (Å²) in [5.74, 6) is -0.487. The molecule has 0 bridgehead atoms. The number of halogens is 1. The maximum atomic E-state index is 12.5. The van der Waals surface area contributed by atoms with E-state index < -0.39 is 0 Å². The van der Waals surface area contributed by atoms with E-state index in [1.807, 2.05) is 30.3 Å². The highest BCUT2D eigenvalue weighted by atomic mass is 35.5. The van der Waals surface area contributed by atoms with E-state index in [4.69, 9.17) is 11.6 Å². The fourth-order valence-electron chi connectivity index (χ4n) is 2.02. The van der Waals surface area contributed by atoms with Crippen molar-refractivity contribution < 1.29 is 9.59 Å². The first-order valence-corrected chi connectivity index (χ1v) is 7.19. The van der Waals surface area contributed by atoms with Crippen LogP contribution < -0.4 is 0 Å². The first kappa shape index (κ1) is 13.2. The number of thioether (sulfide) groups is 1. The van der Waals surface area contributed by atoms with Crippen LogP contribution >= 0.6 is 23.4 Å². The van der Waals surface area contributed by atoms with E-state index >= 15 is 0 Å². The van der Waals surface area contributed by atoms with Crippen molar-refractivity contribution in [1.29, 1.82) is 0 Å². The van der Waals surface area contributed by atoms with Crippen molar-refractivity contribution in [3.8, 4) is 0 Å². The Bertz CT molecular complexity index is 735. The minimum atomic E-state index is -0.291. The number of hydrogen-bond acceptors (Lipinski definition) is 3. The SMILES string of the molecule is O=C1C(Cl)=C(Sc2ccccc2)C(=O)c2ccccc21. The van der Waals surface area contributed by atoms with Crippen LogP contribution in [-0.4, -0.2) is 11.6 Å². The molecule has 2 aromatic rings. The summed E-state index contributed by atoms with van der Waals surface area (Å²) >= 11 is 7.32. The Balaban J connectivity index is 2.06. The van der Waals surface area contributed by atoms with Gasteiger partial charge in [-0.2, -0.15) is 0 Å². The predicted molar refractivity (Wildman–Crippen MR) is 80.3 cm³/mol. The zero-order valence-electron chi connectivity index (χ0n) is 10.3. The lowest BCUT2D eigenvalue weighted by molar-refractivity contribution is 0.0987. The molecule has 2 nitrogen and oxygen atoms in total. The Morgan fingerprint density at radius 1 is 0.750 bits per heavy atom. The summed E-state index contributed by atoms with van der Waals surface area (Å²) in [5.41, 5.74) is 0.792. The molecule has 0 saturated heterocycles. The summed E-state index contributed by atoms with van der Waals surface area (Å²) in [6.45, 7) is 0. The molecule has 0 heterocycles. The molecular formula is C16H9ClO2S. The maximum Gasteiger partial charge on any atom is 0.206 e. The van der Waals surface area contributed by atoms with Gasteiger partial charge in [-0.25, -0.2) is 0 Å². The molecule has 0 spiro atoms. The van der Waals surface area contributed by atoms with Crippen LogP contribution in [0.2, 0.25) is 0 Å². The number of Topliss-reactive ketones (excluding diaryl/α,β-unsaturated/α-hetero) is 2. The number of fused-ring (bicyclic) bond motifs is 1. The van der Waals surface area contributed by atoms with Gasteiger partial charge in [0.15, 0.2) is 0 Å². The number of rotatable bonds is 2. The van der Waals surface area contributed by atoms with Crippen LogP contribution in [-0.2, 0) is 0 Å². The van der Waals surface area contributed by atoms with Gasteiger partial charge in [0.25, 0.3) is 0 Å². The Morgan fingerprint density at radius 3 is 1.95 bits per heavy atom. The van der Waals surface area contributed by atoms with Crippen molar-refractivity contribution in [3.63, 3.8) is 0 Å². The van der Waals surface area contributed by atoms with Crippen molar-refractivity contribution in [2.24, 2.45) is 0 Å². The smallest absolute Gasteiger partial charge is 0.206 e. The van der Waals surface area contributed by atoms with E-state index in [9.17, 15) is 9.59 Å². The number of benzene rings is 2. The lowest BCUT2D eigenvalue weighted by Crippen LogP contribution is -2.18. The fourth-order valence-corrected chi connectivity index (χ4v) is 3.24. The summed E-state index contributed by atoms with van der Waals surface area (Å²) in [4.78, 5) is 25.8. The second-order valence-electron chi connectivity index (χ2n) is 4.26. The van der Waals surface area contributed by atoms with E-state index in [0.717, 1.165) is 4.90 Å². The third-order valence-electron chi connectivity index (χ3n) is 2.98. The van der Waals surface area contributed by atoms with Crippen molar-refractivity contribution in [1.82, 2.24) is 0 Å². The molecule has 0 aromatic heterocycles. The van der Waals surface area contributed by atoms with Crippen LogP contribution in [0.1, 0.15) is 20.7 Å². The summed E-state index contributed by atoms with van der Waals surface area (Å²) in [5, 5.41) is 0.00236. The fraction of sp³-hybridized carbons (Fsp3) is 0. The van der Waals surface area contributed by atoms with Gasteiger partial charge < -0.3 is 0 Å². The summed E-state index contributed by atoms with van der Waals surface area (Å²) < 4.78 is 0. The first-order valence-electron chi connectivity index (χ1n) is 5.99. The lowest BCUT2D eigenvalue weighted by Gasteiger charge is -2.16. The van der Waals surface area contributed by atoms with Crippen LogP contribution in [0.4, 0.5) is 0 Å². The average Bonchev–Trinajstić information content (AvgIpc) is 2.50. The van der Waals surface area contributed by atoms with Gasteiger partial charge in [-0.3, -0.25) is 9.59 Å². The van der Waals surface area contributed by atoms with Crippen molar-refractivity contribution in [2.45, 2.75) is 4.90 Å². The topological polar surface area (TPSA) is 34.1 Å². The minimum Gasteiger partial charge on any atom is -0.288 e. The van der Waals surface area contributed by atoms with E-state index in [1.165, 1.54) is 11.8 Å². The van der Waals surface area contributed by atoms with Gasteiger partial charge in [0, 0.05) is 16.0 Å². The molecule has 0 unspecified atom stereocenters. The molecule has 0 saturated carbocycles. The largest absolute Gasteiger partial charge is 0.288 e. The van der Waals surface area contributed by atoms with E-state index in [1.54, 1.807) is 24.3 Å². The van der Waals surface area contributed by atoms with Crippen LogP contribution in [0, 0.1) is 0 Å². The Morgan fingerprint density at radius 2 is 1.30 bits per heavy atom. The van der Waals surface area contributed by atoms with Crippen LogP contribution in [0.5, 0.6) is 0 Å². The third kappa shape index (κ3) is 2.19. The molecule has 1 aliphatic carbocycles. The molecule has 98 valence electrons. The van der Waals surface area contributed by atoms with Gasteiger partial charge in [-0.15, -0.1) is 0 Å². The molecule has 2 aromatic carbocycles. The van der Waals surface area contributed by atoms with Crippen LogP contribution in [0.3, 0.4) is 0 Å². The van der Waals surface area contributed by atoms with Gasteiger partial charge in [0.05, 0.1) is 4.91 Å². The first-order chi connectivity index (χ1) is 9.68. The number of allylic oxidation sites excluding steroid dienone is 2. The third-order valence-corrected chi connectivity index (χ3v) is 4.56. The highest BCUT2D eigenvalue weighted by Crippen LogP contribution is 2.38. The monoisotopic (exact) mass is 300 g/mol. The molecule has 0 radical (unpaired) electrons. The molecule has 20 heavy (non-hydrogen) atoms. The van der Waals surface area contributed by atoms with Gasteiger partial charge >= 0.3 is 0 Å². The quantitative estimate of drug-likeness (QED) is 0.829. The molecule has 0 N–H and O–H groups in total.